The quantitative estimate of drug-likeness (QED) is 0.586. The van der Waals surface area contributed by atoms with Crippen LogP contribution in [0.2, 0.25) is 0 Å². The smallest absolute Gasteiger partial charge is 0.373 e. The van der Waals surface area contributed by atoms with E-state index in [0.29, 0.717) is 17.6 Å². The number of hydrogen-bond acceptors (Lipinski definition) is 5. The molecule has 1 heterocycles. The van der Waals surface area contributed by atoms with Crippen molar-refractivity contribution < 1.29 is 9.53 Å². The maximum absolute atomic E-state index is 11.8. The summed E-state index contributed by atoms with van der Waals surface area (Å²) in [5.41, 5.74) is 1.74. The van der Waals surface area contributed by atoms with Crippen molar-refractivity contribution in [2.75, 3.05) is 6.61 Å². The molecule has 0 bridgehead atoms. The number of hydrogen-bond donors (Lipinski definition) is 0. The average Bonchev–Trinajstić information content (AvgIpc) is 2.35. The Morgan fingerprint density at radius 3 is 2.35 bits per heavy atom. The molecule has 1 rings (SSSR count). The molecule has 20 heavy (non-hydrogen) atoms. The van der Waals surface area contributed by atoms with Gasteiger partial charge in [-0.3, -0.25) is 4.98 Å². The predicted octanol–water partition coefficient (Wildman–Crippen LogP) is 4.61. The van der Waals surface area contributed by atoms with E-state index < -0.39 is 0 Å². The fourth-order valence-corrected chi connectivity index (χ4v) is 2.32. The molecule has 1 aromatic heterocycles. The topological polar surface area (TPSA) is 52.1 Å². The van der Waals surface area contributed by atoms with Crippen molar-refractivity contribution in [2.45, 2.75) is 58.4 Å². The van der Waals surface area contributed by atoms with Gasteiger partial charge >= 0.3 is 5.30 Å². The second kappa shape index (κ2) is 7.62. The number of aromatic nitrogens is 2. The van der Waals surface area contributed by atoms with Gasteiger partial charge in [0.05, 0.1) is 18.0 Å². The molecule has 0 saturated carbocycles. The second-order valence-electron chi connectivity index (χ2n) is 5.85. The summed E-state index contributed by atoms with van der Waals surface area (Å²) in [6.45, 7) is 12.7. The van der Waals surface area contributed by atoms with Crippen LogP contribution in [-0.2, 0) is 4.74 Å². The van der Waals surface area contributed by atoms with Gasteiger partial charge in [-0.25, -0.2) is 9.78 Å². The molecule has 0 aliphatic heterocycles. The third kappa shape index (κ3) is 5.12. The van der Waals surface area contributed by atoms with Gasteiger partial charge in [0.1, 0.15) is 5.03 Å². The lowest BCUT2D eigenvalue weighted by Crippen LogP contribution is -2.08. The van der Waals surface area contributed by atoms with E-state index in [0.717, 1.165) is 23.1 Å². The van der Waals surface area contributed by atoms with E-state index in [2.05, 4.69) is 23.8 Å². The van der Waals surface area contributed by atoms with E-state index >= 15 is 0 Å². The molecular weight excluding hydrogens is 272 g/mol. The van der Waals surface area contributed by atoms with E-state index in [1.54, 1.807) is 6.20 Å². The van der Waals surface area contributed by atoms with Gasteiger partial charge in [0.15, 0.2) is 0 Å². The molecule has 0 aliphatic carbocycles. The Balaban J connectivity index is 2.90. The molecular formula is C15H24N2O2S. The molecule has 1 aromatic rings. The lowest BCUT2D eigenvalue weighted by atomic mass is 10.1. The van der Waals surface area contributed by atoms with Gasteiger partial charge in [0.25, 0.3) is 0 Å². The summed E-state index contributed by atoms with van der Waals surface area (Å²) in [5, 5.41) is 0.357. The first kappa shape index (κ1) is 17.0. The molecule has 0 saturated heterocycles. The normalized spacial score (nSPS) is 11.4. The van der Waals surface area contributed by atoms with Gasteiger partial charge in [-0.15, -0.1) is 0 Å². The highest BCUT2D eigenvalue weighted by atomic mass is 32.2. The molecule has 0 aromatic carbocycles. The number of carbonyl (C=O) groups excluding carboxylic acids is 1. The van der Waals surface area contributed by atoms with Crippen molar-refractivity contribution in [3.63, 3.8) is 0 Å². The molecule has 0 fully saturated rings. The first-order valence-corrected chi connectivity index (χ1v) is 7.84. The highest BCUT2D eigenvalue weighted by Gasteiger charge is 2.17. The van der Waals surface area contributed by atoms with Gasteiger partial charge in [-0.1, -0.05) is 41.5 Å². The predicted molar refractivity (Wildman–Crippen MR) is 82.3 cm³/mol. The Hall–Kier alpha value is -1.10. The summed E-state index contributed by atoms with van der Waals surface area (Å²) in [6, 6.07) is 0. The van der Waals surface area contributed by atoms with Crippen LogP contribution in [0.15, 0.2) is 11.2 Å². The molecule has 112 valence electrons. The molecule has 0 atom stereocenters. The zero-order chi connectivity index (χ0) is 15.3. The Kier molecular flexibility index (Phi) is 6.46. The Bertz CT molecular complexity index is 459. The fourth-order valence-electron chi connectivity index (χ4n) is 1.49. The third-order valence-corrected chi connectivity index (χ3v) is 3.42. The standard InChI is InChI=1S/C15H24N2O2S/c1-9(2)8-19-15(18)20-14-13(11(5)6)16-7-12(17-14)10(3)4/h7,9-11H,8H2,1-6H3. The zero-order valence-electron chi connectivity index (χ0n) is 13.1. The van der Waals surface area contributed by atoms with E-state index in [1.807, 2.05) is 27.7 Å². The van der Waals surface area contributed by atoms with E-state index in [4.69, 9.17) is 4.74 Å². The van der Waals surface area contributed by atoms with E-state index in [9.17, 15) is 4.79 Å². The van der Waals surface area contributed by atoms with Crippen molar-refractivity contribution in [1.82, 2.24) is 9.97 Å². The highest BCUT2D eigenvalue weighted by molar-refractivity contribution is 8.13. The summed E-state index contributed by atoms with van der Waals surface area (Å²) in [4.78, 5) is 20.9. The van der Waals surface area contributed by atoms with Crippen LogP contribution in [-0.4, -0.2) is 21.9 Å². The Labute approximate surface area is 125 Å². The van der Waals surface area contributed by atoms with Crippen molar-refractivity contribution in [3.8, 4) is 0 Å². The summed E-state index contributed by atoms with van der Waals surface area (Å²) in [6.07, 6.45) is 1.80. The molecule has 0 unspecified atom stereocenters. The molecule has 0 N–H and O–H groups in total. The minimum absolute atomic E-state index is 0.226. The Morgan fingerprint density at radius 2 is 1.85 bits per heavy atom. The molecule has 4 nitrogen and oxygen atoms in total. The summed E-state index contributed by atoms with van der Waals surface area (Å²) >= 11 is 1.04. The zero-order valence-corrected chi connectivity index (χ0v) is 14.0. The van der Waals surface area contributed by atoms with Crippen LogP contribution in [0.1, 0.15) is 64.8 Å². The van der Waals surface area contributed by atoms with Crippen LogP contribution in [0, 0.1) is 5.92 Å². The van der Waals surface area contributed by atoms with Gasteiger partial charge in [-0.05, 0) is 17.8 Å². The highest BCUT2D eigenvalue weighted by Crippen LogP contribution is 2.28. The van der Waals surface area contributed by atoms with Crippen LogP contribution >= 0.6 is 11.8 Å². The largest absolute Gasteiger partial charge is 0.457 e. The molecule has 5 heteroatoms. The van der Waals surface area contributed by atoms with Gasteiger partial charge in [0.2, 0.25) is 0 Å². The number of ether oxygens (including phenoxy) is 1. The third-order valence-electron chi connectivity index (χ3n) is 2.64. The monoisotopic (exact) mass is 296 g/mol. The van der Waals surface area contributed by atoms with Crippen molar-refractivity contribution >= 4 is 17.1 Å². The molecule has 0 radical (unpaired) electrons. The fraction of sp³-hybridized carbons (Fsp3) is 0.667. The van der Waals surface area contributed by atoms with E-state index in [-0.39, 0.29) is 17.1 Å². The molecule has 0 aliphatic rings. The SMILES string of the molecule is CC(C)COC(=O)Sc1nc(C(C)C)cnc1C(C)C. The van der Waals surface area contributed by atoms with Gasteiger partial charge in [0, 0.05) is 18.0 Å². The lowest BCUT2D eigenvalue weighted by Gasteiger charge is -2.13. The van der Waals surface area contributed by atoms with Crippen LogP contribution in [0.3, 0.4) is 0 Å². The summed E-state index contributed by atoms with van der Waals surface area (Å²) < 4.78 is 5.20. The van der Waals surface area contributed by atoms with Gasteiger partial charge < -0.3 is 4.74 Å². The van der Waals surface area contributed by atoms with Crippen LogP contribution in [0.4, 0.5) is 4.79 Å². The average molecular weight is 296 g/mol. The van der Waals surface area contributed by atoms with Gasteiger partial charge in [-0.2, -0.15) is 0 Å². The van der Waals surface area contributed by atoms with Crippen LogP contribution in [0.25, 0.3) is 0 Å². The molecule has 0 spiro atoms. The van der Waals surface area contributed by atoms with Crippen LogP contribution < -0.4 is 0 Å². The number of thioether (sulfide) groups is 1. The number of rotatable bonds is 5. The minimum atomic E-state index is -0.309. The van der Waals surface area contributed by atoms with Crippen LogP contribution in [0.5, 0.6) is 0 Å². The summed E-state index contributed by atoms with van der Waals surface area (Å²) in [7, 11) is 0. The molecule has 0 amide bonds. The van der Waals surface area contributed by atoms with Crippen molar-refractivity contribution in [2.24, 2.45) is 5.92 Å². The number of carbonyl (C=O) groups is 1. The number of nitrogens with zero attached hydrogens (tertiary/aromatic N) is 2. The maximum atomic E-state index is 11.8. The second-order valence-corrected chi connectivity index (χ2v) is 6.78. The Morgan fingerprint density at radius 1 is 1.20 bits per heavy atom. The first-order valence-electron chi connectivity index (χ1n) is 7.02. The van der Waals surface area contributed by atoms with Crippen molar-refractivity contribution in [1.29, 1.82) is 0 Å². The maximum Gasteiger partial charge on any atom is 0.373 e. The van der Waals surface area contributed by atoms with E-state index in [1.165, 1.54) is 0 Å². The lowest BCUT2D eigenvalue weighted by molar-refractivity contribution is 0.160. The minimum Gasteiger partial charge on any atom is -0.457 e. The summed E-state index contributed by atoms with van der Waals surface area (Å²) in [5.74, 6) is 0.844. The van der Waals surface area contributed by atoms with Crippen molar-refractivity contribution in [3.05, 3.63) is 17.6 Å². The first-order chi connectivity index (χ1) is 9.31.